The molecule has 0 aromatic heterocycles. The highest BCUT2D eigenvalue weighted by Crippen LogP contribution is 2.21. The minimum absolute atomic E-state index is 0.0173. The molecule has 5 heteroatoms. The summed E-state index contributed by atoms with van der Waals surface area (Å²) in [5.74, 6) is 0.0374. The van der Waals surface area contributed by atoms with Crippen molar-refractivity contribution in [3.63, 3.8) is 0 Å². The number of nitrogens with zero attached hydrogens (tertiary/aromatic N) is 1. The molecule has 0 saturated carbocycles. The molecule has 1 fully saturated rings. The second-order valence-corrected chi connectivity index (χ2v) is 5.39. The number of nitrogens with two attached hydrogens (primary N) is 1. The molecule has 2 amide bonds. The molecule has 1 heterocycles. The number of amides is 2. The Morgan fingerprint density at radius 2 is 2.05 bits per heavy atom. The molecule has 0 radical (unpaired) electrons. The minimum Gasteiger partial charge on any atom is -0.491 e. The first-order valence-electron chi connectivity index (χ1n) is 6.78. The minimum atomic E-state index is -0.401. The lowest BCUT2D eigenvalue weighted by Crippen LogP contribution is -2.28. The molecule has 2 rings (SSSR count). The van der Waals surface area contributed by atoms with Crippen LogP contribution in [0.25, 0.3) is 0 Å². The third-order valence-electron chi connectivity index (χ3n) is 3.29. The van der Waals surface area contributed by atoms with Gasteiger partial charge in [-0.15, -0.1) is 0 Å². The predicted octanol–water partition coefficient (Wildman–Crippen LogP) is 1.31. The Balaban J connectivity index is 1.97. The summed E-state index contributed by atoms with van der Waals surface area (Å²) in [6.07, 6.45) is 0.362. The first kappa shape index (κ1) is 14.4. The highest BCUT2D eigenvalue weighted by atomic mass is 16.5. The third-order valence-corrected chi connectivity index (χ3v) is 3.29. The van der Waals surface area contributed by atoms with Crippen molar-refractivity contribution < 1.29 is 14.3 Å². The van der Waals surface area contributed by atoms with Gasteiger partial charge in [-0.1, -0.05) is 12.1 Å². The summed E-state index contributed by atoms with van der Waals surface area (Å²) in [5.41, 5.74) is 6.26. The lowest BCUT2D eigenvalue weighted by Gasteiger charge is -2.16. The molecular weight excluding hydrogens is 256 g/mol. The highest BCUT2D eigenvalue weighted by Gasteiger charge is 2.32. The maximum atomic E-state index is 11.8. The number of carbonyl (C=O) groups is 2. The van der Waals surface area contributed by atoms with Crippen molar-refractivity contribution in [2.24, 2.45) is 11.7 Å². The molecule has 1 unspecified atom stereocenters. The second-order valence-electron chi connectivity index (χ2n) is 5.39. The van der Waals surface area contributed by atoms with E-state index in [-0.39, 0.29) is 24.3 Å². The van der Waals surface area contributed by atoms with Gasteiger partial charge >= 0.3 is 0 Å². The number of hydrogen-bond donors (Lipinski definition) is 1. The Labute approximate surface area is 118 Å². The van der Waals surface area contributed by atoms with Gasteiger partial charge in [0, 0.05) is 19.5 Å². The van der Waals surface area contributed by atoms with Crippen molar-refractivity contribution in [3.8, 4) is 5.75 Å². The first-order chi connectivity index (χ1) is 9.45. The van der Waals surface area contributed by atoms with Crippen LogP contribution < -0.4 is 10.5 Å². The number of ether oxygens (including phenoxy) is 1. The third kappa shape index (κ3) is 3.50. The van der Waals surface area contributed by atoms with E-state index in [1.807, 2.05) is 38.1 Å². The predicted molar refractivity (Wildman–Crippen MR) is 74.9 cm³/mol. The fourth-order valence-corrected chi connectivity index (χ4v) is 2.28. The molecule has 1 aromatic carbocycles. The van der Waals surface area contributed by atoms with Gasteiger partial charge in [0.15, 0.2) is 0 Å². The number of rotatable bonds is 5. The van der Waals surface area contributed by atoms with E-state index in [1.165, 1.54) is 0 Å². The van der Waals surface area contributed by atoms with Crippen LogP contribution in [0.3, 0.4) is 0 Å². The average Bonchev–Trinajstić information content (AvgIpc) is 2.73. The summed E-state index contributed by atoms with van der Waals surface area (Å²) in [7, 11) is 0. The SMILES string of the molecule is CC(C)Oc1ccc(CN2CC(C(N)=O)CC2=O)cc1. The summed E-state index contributed by atoms with van der Waals surface area (Å²) in [5, 5.41) is 0. The summed E-state index contributed by atoms with van der Waals surface area (Å²) in [4.78, 5) is 24.6. The highest BCUT2D eigenvalue weighted by molar-refractivity contribution is 5.88. The normalized spacial score (nSPS) is 18.6. The van der Waals surface area contributed by atoms with Crippen LogP contribution in [0.15, 0.2) is 24.3 Å². The van der Waals surface area contributed by atoms with Crippen molar-refractivity contribution in [2.75, 3.05) is 6.54 Å². The van der Waals surface area contributed by atoms with Crippen LogP contribution >= 0.6 is 0 Å². The van der Waals surface area contributed by atoms with Crippen LogP contribution in [0, 0.1) is 5.92 Å². The van der Waals surface area contributed by atoms with Gasteiger partial charge in [-0.3, -0.25) is 9.59 Å². The van der Waals surface area contributed by atoms with Crippen molar-refractivity contribution >= 4 is 11.8 Å². The topological polar surface area (TPSA) is 72.6 Å². The monoisotopic (exact) mass is 276 g/mol. The first-order valence-corrected chi connectivity index (χ1v) is 6.78. The van der Waals surface area contributed by atoms with E-state index in [4.69, 9.17) is 10.5 Å². The average molecular weight is 276 g/mol. The lowest BCUT2D eigenvalue weighted by molar-refractivity contribution is -0.128. The van der Waals surface area contributed by atoms with E-state index in [0.29, 0.717) is 13.1 Å². The summed E-state index contributed by atoms with van der Waals surface area (Å²) in [6.45, 7) is 4.87. The maximum Gasteiger partial charge on any atom is 0.223 e. The number of likely N-dealkylation sites (tertiary alicyclic amines) is 1. The van der Waals surface area contributed by atoms with Gasteiger partial charge < -0.3 is 15.4 Å². The van der Waals surface area contributed by atoms with Crippen LogP contribution in [0.4, 0.5) is 0 Å². The molecule has 2 N–H and O–H groups in total. The lowest BCUT2D eigenvalue weighted by atomic mass is 10.1. The molecule has 1 aromatic rings. The van der Waals surface area contributed by atoms with Crippen molar-refractivity contribution in [2.45, 2.75) is 32.9 Å². The smallest absolute Gasteiger partial charge is 0.223 e. The zero-order valence-electron chi connectivity index (χ0n) is 11.8. The van der Waals surface area contributed by atoms with Gasteiger partial charge in [0.1, 0.15) is 5.75 Å². The van der Waals surface area contributed by atoms with Crippen LogP contribution in [0.2, 0.25) is 0 Å². The van der Waals surface area contributed by atoms with Crippen molar-refractivity contribution in [3.05, 3.63) is 29.8 Å². The van der Waals surface area contributed by atoms with E-state index in [2.05, 4.69) is 0 Å². The number of primary amides is 1. The number of carbonyl (C=O) groups excluding carboxylic acids is 2. The van der Waals surface area contributed by atoms with E-state index >= 15 is 0 Å². The zero-order chi connectivity index (χ0) is 14.7. The molecule has 1 atom stereocenters. The van der Waals surface area contributed by atoms with Crippen LogP contribution in [-0.4, -0.2) is 29.4 Å². The van der Waals surface area contributed by atoms with Crippen molar-refractivity contribution in [1.29, 1.82) is 0 Å². The van der Waals surface area contributed by atoms with E-state index in [0.717, 1.165) is 11.3 Å². The molecule has 0 bridgehead atoms. The molecular formula is C15H20N2O3. The molecule has 1 saturated heterocycles. The molecule has 0 spiro atoms. The Bertz CT molecular complexity index is 496. The summed E-state index contributed by atoms with van der Waals surface area (Å²) < 4.78 is 5.57. The van der Waals surface area contributed by atoms with Crippen molar-refractivity contribution in [1.82, 2.24) is 4.90 Å². The quantitative estimate of drug-likeness (QED) is 0.881. The van der Waals surface area contributed by atoms with Gasteiger partial charge in [0.2, 0.25) is 11.8 Å². The van der Waals surface area contributed by atoms with E-state index in [1.54, 1.807) is 4.90 Å². The molecule has 1 aliphatic rings. The van der Waals surface area contributed by atoms with Crippen LogP contribution in [0.1, 0.15) is 25.8 Å². The number of benzene rings is 1. The van der Waals surface area contributed by atoms with E-state index in [9.17, 15) is 9.59 Å². The number of hydrogen-bond acceptors (Lipinski definition) is 3. The van der Waals surface area contributed by atoms with Crippen LogP contribution in [-0.2, 0) is 16.1 Å². The fraction of sp³-hybridized carbons (Fsp3) is 0.467. The standard InChI is InChI=1S/C15H20N2O3/c1-10(2)20-13-5-3-11(4-6-13)8-17-9-12(15(16)19)7-14(17)18/h3-6,10,12H,7-9H2,1-2H3,(H2,16,19). The second kappa shape index (κ2) is 5.94. The summed E-state index contributed by atoms with van der Waals surface area (Å²) >= 11 is 0. The van der Waals surface area contributed by atoms with E-state index < -0.39 is 5.91 Å². The Hall–Kier alpha value is -2.04. The molecule has 108 valence electrons. The summed E-state index contributed by atoms with van der Waals surface area (Å²) in [6, 6.07) is 7.65. The Morgan fingerprint density at radius 1 is 1.40 bits per heavy atom. The molecule has 1 aliphatic heterocycles. The van der Waals surface area contributed by atoms with Gasteiger partial charge in [-0.2, -0.15) is 0 Å². The Morgan fingerprint density at radius 3 is 2.55 bits per heavy atom. The zero-order valence-corrected chi connectivity index (χ0v) is 11.8. The van der Waals surface area contributed by atoms with Gasteiger partial charge in [-0.05, 0) is 31.5 Å². The molecule has 20 heavy (non-hydrogen) atoms. The van der Waals surface area contributed by atoms with Gasteiger partial charge in [-0.25, -0.2) is 0 Å². The molecule has 5 nitrogen and oxygen atoms in total. The molecule has 0 aliphatic carbocycles. The van der Waals surface area contributed by atoms with Gasteiger partial charge in [0.25, 0.3) is 0 Å². The largest absolute Gasteiger partial charge is 0.491 e. The Kier molecular flexibility index (Phi) is 4.27. The van der Waals surface area contributed by atoms with Crippen LogP contribution in [0.5, 0.6) is 5.75 Å². The van der Waals surface area contributed by atoms with Gasteiger partial charge in [0.05, 0.1) is 12.0 Å². The fourth-order valence-electron chi connectivity index (χ4n) is 2.28. The maximum absolute atomic E-state index is 11.8.